The number of hydrogen-bond acceptors (Lipinski definition) is 4. The molecule has 3 amide bonds. The number of nitrogens with one attached hydrogen (secondary N) is 1. The zero-order chi connectivity index (χ0) is 26.1. The number of piperidine rings is 1. The summed E-state index contributed by atoms with van der Waals surface area (Å²) in [6.45, 7) is 0.587. The average molecular weight is 530 g/mol. The molecule has 2 heterocycles. The summed E-state index contributed by atoms with van der Waals surface area (Å²) in [5.41, 5.74) is 5.99. The van der Waals surface area contributed by atoms with Crippen LogP contribution in [0.2, 0.25) is 5.02 Å². The van der Waals surface area contributed by atoms with Crippen molar-refractivity contribution >= 4 is 29.3 Å². The molecule has 4 atom stereocenters. The standard InChI is InChI=1S/C27H26ClF2N3O4/c28-18-10-19(29)17(9-20(18)30)23(15-11-37-12-15)32-24(34)22-8-14-7-21(14)33(22)25(35)13-2-1-3-16(6-13)27(4-5-27)26(31)36/h1-3,6,9-10,14-15,21-23H,4-5,7-8,11-12H2,(H2,31,36)(H,32,34)/t14-,21-,22-,23?/m1/s1. The molecule has 2 saturated carbocycles. The normalized spacial score (nSPS) is 26.1. The van der Waals surface area contributed by atoms with Gasteiger partial charge in [0.25, 0.3) is 5.91 Å². The molecule has 0 radical (unpaired) electrons. The molecule has 0 bridgehead atoms. The lowest BCUT2D eigenvalue weighted by molar-refractivity contribution is -0.128. The summed E-state index contributed by atoms with van der Waals surface area (Å²) in [6.07, 6.45) is 2.61. The van der Waals surface area contributed by atoms with Crippen molar-refractivity contribution in [2.24, 2.45) is 17.6 Å². The number of rotatable bonds is 7. The molecule has 6 rings (SSSR count). The topological polar surface area (TPSA) is 102 Å². The van der Waals surface area contributed by atoms with Crippen molar-refractivity contribution in [2.75, 3.05) is 13.2 Å². The molecule has 0 spiro atoms. The molecule has 2 aromatic rings. The second-order valence-corrected chi connectivity index (χ2v) is 11.0. The van der Waals surface area contributed by atoms with Crippen LogP contribution in [0.1, 0.15) is 53.2 Å². The molecule has 2 aromatic carbocycles. The zero-order valence-corrected chi connectivity index (χ0v) is 20.6. The molecular formula is C27H26ClF2N3O4. The Morgan fingerprint density at radius 1 is 1.11 bits per heavy atom. The van der Waals surface area contributed by atoms with Crippen LogP contribution in [-0.2, 0) is 19.7 Å². The Labute approximate surface area is 217 Å². The maximum atomic E-state index is 14.8. The quantitative estimate of drug-likeness (QED) is 0.538. The fraction of sp³-hybridized carbons (Fsp3) is 0.444. The van der Waals surface area contributed by atoms with Crippen molar-refractivity contribution in [3.63, 3.8) is 0 Å². The van der Waals surface area contributed by atoms with Crippen molar-refractivity contribution in [2.45, 2.75) is 49.2 Å². The van der Waals surface area contributed by atoms with Crippen LogP contribution in [0, 0.1) is 23.5 Å². The van der Waals surface area contributed by atoms with Gasteiger partial charge in [-0.25, -0.2) is 8.78 Å². The van der Waals surface area contributed by atoms with E-state index in [4.69, 9.17) is 22.1 Å². The number of nitrogens with two attached hydrogens (primary N) is 1. The number of carbonyl (C=O) groups excluding carboxylic acids is 3. The van der Waals surface area contributed by atoms with Crippen LogP contribution in [0.3, 0.4) is 0 Å². The third kappa shape index (κ3) is 4.08. The summed E-state index contributed by atoms with van der Waals surface area (Å²) in [6, 6.07) is 7.20. The molecule has 1 unspecified atom stereocenters. The number of ether oxygens (including phenoxy) is 1. The first-order valence-corrected chi connectivity index (χ1v) is 12.8. The number of nitrogens with zero attached hydrogens (tertiary/aromatic N) is 1. The lowest BCUT2D eigenvalue weighted by Gasteiger charge is -2.36. The highest BCUT2D eigenvalue weighted by Crippen LogP contribution is 2.50. The molecule has 37 heavy (non-hydrogen) atoms. The first-order valence-electron chi connectivity index (χ1n) is 12.5. The van der Waals surface area contributed by atoms with Gasteiger partial charge in [-0.2, -0.15) is 0 Å². The molecule has 3 N–H and O–H groups in total. The molecule has 4 aliphatic rings. The molecule has 2 saturated heterocycles. The summed E-state index contributed by atoms with van der Waals surface area (Å²) in [4.78, 5) is 40.8. The number of halogens is 3. The van der Waals surface area contributed by atoms with Crippen molar-refractivity contribution in [1.29, 1.82) is 0 Å². The van der Waals surface area contributed by atoms with E-state index in [-0.39, 0.29) is 34.4 Å². The van der Waals surface area contributed by atoms with Gasteiger partial charge in [-0.15, -0.1) is 0 Å². The van der Waals surface area contributed by atoms with E-state index >= 15 is 0 Å². The maximum absolute atomic E-state index is 14.8. The predicted molar refractivity (Wildman–Crippen MR) is 130 cm³/mol. The number of likely N-dealkylation sites (tertiary alicyclic amines) is 1. The van der Waals surface area contributed by atoms with E-state index < -0.39 is 40.9 Å². The molecule has 7 nitrogen and oxygen atoms in total. The van der Waals surface area contributed by atoms with Crippen molar-refractivity contribution < 1.29 is 27.9 Å². The van der Waals surface area contributed by atoms with E-state index in [2.05, 4.69) is 5.32 Å². The number of carbonyl (C=O) groups is 3. The Hall–Kier alpha value is -3.04. The number of hydrogen-bond donors (Lipinski definition) is 2. The number of benzene rings is 2. The number of fused-ring (bicyclic) bond motifs is 1. The molecule has 4 fully saturated rings. The molecule has 10 heteroatoms. The predicted octanol–water partition coefficient (Wildman–Crippen LogP) is 3.24. The van der Waals surface area contributed by atoms with E-state index in [0.29, 0.717) is 43.6 Å². The smallest absolute Gasteiger partial charge is 0.254 e. The fourth-order valence-electron chi connectivity index (χ4n) is 5.81. The van der Waals surface area contributed by atoms with Gasteiger partial charge in [-0.05, 0) is 61.4 Å². The SMILES string of the molecule is NC(=O)C1(c2cccc(C(=O)N3[C@@H](C(=O)NC(c4cc(F)c(Cl)cc4F)C4COC4)C[C@H]4C[C@H]43)c2)CC1. The van der Waals surface area contributed by atoms with Gasteiger partial charge in [0.15, 0.2) is 0 Å². The van der Waals surface area contributed by atoms with E-state index in [1.165, 1.54) is 0 Å². The summed E-state index contributed by atoms with van der Waals surface area (Å²) >= 11 is 5.72. The minimum absolute atomic E-state index is 0.00142. The van der Waals surface area contributed by atoms with Crippen molar-refractivity contribution in [3.8, 4) is 0 Å². The van der Waals surface area contributed by atoms with Gasteiger partial charge in [-0.3, -0.25) is 14.4 Å². The summed E-state index contributed by atoms with van der Waals surface area (Å²) in [5, 5.41) is 2.54. The van der Waals surface area contributed by atoms with Gasteiger partial charge in [0.2, 0.25) is 11.8 Å². The Bertz CT molecular complexity index is 1310. The zero-order valence-electron chi connectivity index (χ0n) is 19.9. The second kappa shape index (κ2) is 8.77. The molecule has 2 aliphatic heterocycles. The minimum Gasteiger partial charge on any atom is -0.381 e. The van der Waals surface area contributed by atoms with Gasteiger partial charge in [0.1, 0.15) is 17.7 Å². The Balaban J connectivity index is 1.25. The molecule has 2 aliphatic carbocycles. The van der Waals surface area contributed by atoms with E-state index in [0.717, 1.165) is 18.6 Å². The van der Waals surface area contributed by atoms with Crippen LogP contribution in [0.5, 0.6) is 0 Å². The minimum atomic E-state index is -0.824. The van der Waals surface area contributed by atoms with E-state index in [1.54, 1.807) is 29.2 Å². The second-order valence-electron chi connectivity index (χ2n) is 10.6. The first kappa shape index (κ1) is 24.3. The molecule has 0 aromatic heterocycles. The average Bonchev–Trinajstić information content (AvgIpc) is 3.76. The highest BCUT2D eigenvalue weighted by atomic mass is 35.5. The summed E-state index contributed by atoms with van der Waals surface area (Å²) < 4.78 is 34.2. The van der Waals surface area contributed by atoms with Crippen LogP contribution < -0.4 is 11.1 Å². The Morgan fingerprint density at radius 2 is 1.86 bits per heavy atom. The Kier molecular flexibility index (Phi) is 5.76. The van der Waals surface area contributed by atoms with Gasteiger partial charge in [0.05, 0.1) is 29.7 Å². The van der Waals surface area contributed by atoms with Crippen LogP contribution in [-0.4, -0.2) is 47.9 Å². The number of amides is 3. The third-order valence-corrected chi connectivity index (χ3v) is 8.62. The lowest BCUT2D eigenvalue weighted by Crippen LogP contribution is -2.51. The highest BCUT2D eigenvalue weighted by Gasteiger charge is 2.57. The number of primary amides is 1. The fourth-order valence-corrected chi connectivity index (χ4v) is 5.96. The Morgan fingerprint density at radius 3 is 2.51 bits per heavy atom. The van der Waals surface area contributed by atoms with Crippen LogP contribution >= 0.6 is 11.6 Å². The summed E-state index contributed by atoms with van der Waals surface area (Å²) in [5.74, 6) is -2.63. The van der Waals surface area contributed by atoms with Gasteiger partial charge >= 0.3 is 0 Å². The van der Waals surface area contributed by atoms with Gasteiger partial charge in [0, 0.05) is 23.1 Å². The van der Waals surface area contributed by atoms with Crippen LogP contribution in [0.25, 0.3) is 0 Å². The monoisotopic (exact) mass is 529 g/mol. The van der Waals surface area contributed by atoms with E-state index in [1.807, 2.05) is 0 Å². The van der Waals surface area contributed by atoms with Crippen molar-refractivity contribution in [3.05, 3.63) is 69.7 Å². The lowest BCUT2D eigenvalue weighted by atomic mass is 9.90. The van der Waals surface area contributed by atoms with Crippen LogP contribution in [0.4, 0.5) is 8.78 Å². The van der Waals surface area contributed by atoms with Gasteiger partial charge in [-0.1, -0.05) is 23.7 Å². The van der Waals surface area contributed by atoms with E-state index in [9.17, 15) is 23.2 Å². The first-order chi connectivity index (χ1) is 17.7. The van der Waals surface area contributed by atoms with Gasteiger partial charge < -0.3 is 20.7 Å². The maximum Gasteiger partial charge on any atom is 0.254 e. The van der Waals surface area contributed by atoms with Crippen molar-refractivity contribution in [1.82, 2.24) is 10.2 Å². The molecular weight excluding hydrogens is 504 g/mol. The van der Waals surface area contributed by atoms with Crippen LogP contribution in [0.15, 0.2) is 36.4 Å². The summed E-state index contributed by atoms with van der Waals surface area (Å²) in [7, 11) is 0. The third-order valence-electron chi connectivity index (χ3n) is 8.33. The largest absolute Gasteiger partial charge is 0.381 e. The highest BCUT2D eigenvalue weighted by molar-refractivity contribution is 6.30. The molecule has 194 valence electrons.